The lowest BCUT2D eigenvalue weighted by Gasteiger charge is -2.04. The van der Waals surface area contributed by atoms with Crippen molar-refractivity contribution in [3.05, 3.63) is 69.7 Å². The second-order valence-corrected chi connectivity index (χ2v) is 4.91. The van der Waals surface area contributed by atoms with Crippen LogP contribution in [0.15, 0.2) is 36.4 Å². The van der Waals surface area contributed by atoms with Gasteiger partial charge in [-0.25, -0.2) is 4.39 Å². The van der Waals surface area contributed by atoms with Gasteiger partial charge >= 0.3 is 0 Å². The van der Waals surface area contributed by atoms with Gasteiger partial charge in [-0.05, 0) is 43.2 Å². The molecule has 0 amide bonds. The van der Waals surface area contributed by atoms with Crippen molar-refractivity contribution in [3.63, 3.8) is 0 Å². The van der Waals surface area contributed by atoms with Gasteiger partial charge in [-0.15, -0.1) is 0 Å². The van der Waals surface area contributed by atoms with Crippen LogP contribution < -0.4 is 0 Å². The molecule has 0 atom stereocenters. The minimum atomic E-state index is -0.571. The molecule has 4 heteroatoms. The number of ketones is 1. The number of benzene rings is 2. The first-order valence-electron chi connectivity index (χ1n) is 6.25. The van der Waals surface area contributed by atoms with Gasteiger partial charge in [-0.3, -0.25) is 4.79 Å². The molecule has 1 aliphatic rings. The molecule has 1 aliphatic heterocycles. The number of Topliss-reactive ketones (excluding diaryl/α,β-unsaturated/α-hetero) is 1. The summed E-state index contributed by atoms with van der Waals surface area (Å²) in [4.78, 5) is 12.4. The van der Waals surface area contributed by atoms with Crippen molar-refractivity contribution in [2.75, 3.05) is 0 Å². The van der Waals surface area contributed by atoms with Crippen molar-refractivity contribution in [2.24, 2.45) is 0 Å². The van der Waals surface area contributed by atoms with Gasteiger partial charge in [0, 0.05) is 6.07 Å². The van der Waals surface area contributed by atoms with E-state index in [9.17, 15) is 14.4 Å². The molecule has 0 aromatic heterocycles. The molecule has 1 heterocycles. The summed E-state index contributed by atoms with van der Waals surface area (Å²) in [5.41, 5.74) is 2.37. The predicted molar refractivity (Wildman–Crippen MR) is 74.0 cm³/mol. The third-order valence-electron chi connectivity index (χ3n) is 3.62. The number of hydrogen-bond donors (Lipinski definition) is 0. The molecular formula is C16H12FNO2. The number of halogens is 1. The number of nitrogens with zero attached hydrogens (tertiary/aromatic N) is 1. The maximum absolute atomic E-state index is 13.8. The minimum Gasteiger partial charge on any atom is -0.618 e. The van der Waals surface area contributed by atoms with Gasteiger partial charge in [-0.2, -0.15) is 4.74 Å². The van der Waals surface area contributed by atoms with Crippen molar-refractivity contribution >= 4 is 17.2 Å². The first kappa shape index (κ1) is 12.5. The number of rotatable bonds is 1. The highest BCUT2D eigenvalue weighted by molar-refractivity contribution is 6.52. The second-order valence-electron chi connectivity index (χ2n) is 4.91. The molecule has 0 N–H and O–H groups in total. The predicted octanol–water partition coefficient (Wildman–Crippen LogP) is 3.27. The van der Waals surface area contributed by atoms with Crippen LogP contribution in [0.4, 0.5) is 10.1 Å². The SMILES string of the molecule is Cc1cc2c(cc1C)[N+]([O-])=C(c1ccccc1F)C2=O. The summed E-state index contributed by atoms with van der Waals surface area (Å²) in [7, 11) is 0. The quantitative estimate of drug-likeness (QED) is 0.589. The molecule has 0 unspecified atom stereocenters. The summed E-state index contributed by atoms with van der Waals surface area (Å²) in [6.45, 7) is 3.74. The Hall–Kier alpha value is -2.49. The highest BCUT2D eigenvalue weighted by Gasteiger charge is 2.38. The number of fused-ring (bicyclic) bond motifs is 1. The molecule has 100 valence electrons. The van der Waals surface area contributed by atoms with Gasteiger partial charge in [0.05, 0.1) is 5.56 Å². The van der Waals surface area contributed by atoms with E-state index in [2.05, 4.69) is 0 Å². The third-order valence-corrected chi connectivity index (χ3v) is 3.62. The molecule has 0 aliphatic carbocycles. The Morgan fingerprint density at radius 3 is 2.40 bits per heavy atom. The normalized spacial score (nSPS) is 13.8. The number of hydrogen-bond acceptors (Lipinski definition) is 2. The zero-order valence-corrected chi connectivity index (χ0v) is 11.1. The van der Waals surface area contributed by atoms with Crippen molar-refractivity contribution in [2.45, 2.75) is 13.8 Å². The Bertz CT molecular complexity index is 778. The Labute approximate surface area is 115 Å². The lowest BCUT2D eigenvalue weighted by Crippen LogP contribution is -2.18. The van der Waals surface area contributed by atoms with Crippen molar-refractivity contribution < 1.29 is 13.9 Å². The summed E-state index contributed by atoms with van der Waals surface area (Å²) >= 11 is 0. The zero-order valence-electron chi connectivity index (χ0n) is 11.1. The van der Waals surface area contributed by atoms with E-state index >= 15 is 0 Å². The average molecular weight is 269 g/mol. The number of aryl methyl sites for hydroxylation is 2. The van der Waals surface area contributed by atoms with Gasteiger partial charge < -0.3 is 5.21 Å². The maximum atomic E-state index is 13.8. The molecule has 2 aromatic rings. The van der Waals surface area contributed by atoms with Crippen LogP contribution in [-0.2, 0) is 0 Å². The molecule has 0 bridgehead atoms. The van der Waals surface area contributed by atoms with E-state index in [0.717, 1.165) is 11.1 Å². The Balaban J connectivity index is 2.25. The minimum absolute atomic E-state index is 0.0407. The van der Waals surface area contributed by atoms with E-state index in [0.29, 0.717) is 10.3 Å². The molecular weight excluding hydrogens is 257 g/mol. The summed E-state index contributed by atoms with van der Waals surface area (Å²) < 4.78 is 14.4. The van der Waals surface area contributed by atoms with E-state index in [1.807, 2.05) is 13.8 Å². The van der Waals surface area contributed by atoms with E-state index in [1.54, 1.807) is 18.2 Å². The van der Waals surface area contributed by atoms with Gasteiger partial charge in [-0.1, -0.05) is 12.1 Å². The molecule has 0 saturated heterocycles. The van der Waals surface area contributed by atoms with Crippen LogP contribution in [-0.4, -0.2) is 16.2 Å². The van der Waals surface area contributed by atoms with Crippen LogP contribution in [0.3, 0.4) is 0 Å². The lowest BCUT2D eigenvalue weighted by molar-refractivity contribution is -0.355. The van der Waals surface area contributed by atoms with Crippen molar-refractivity contribution in [3.8, 4) is 0 Å². The largest absolute Gasteiger partial charge is 0.618 e. The molecule has 3 rings (SSSR count). The molecule has 0 radical (unpaired) electrons. The fraction of sp³-hybridized carbons (Fsp3) is 0.125. The summed E-state index contributed by atoms with van der Waals surface area (Å²) in [5.74, 6) is -0.999. The third kappa shape index (κ3) is 1.65. The monoisotopic (exact) mass is 269 g/mol. The Kier molecular flexibility index (Phi) is 2.67. The van der Waals surface area contributed by atoms with Gasteiger partial charge in [0.15, 0.2) is 0 Å². The molecule has 0 spiro atoms. The van der Waals surface area contributed by atoms with Crippen LogP contribution in [0.1, 0.15) is 27.0 Å². The van der Waals surface area contributed by atoms with Crippen LogP contribution in [0.5, 0.6) is 0 Å². The second kappa shape index (κ2) is 4.27. The van der Waals surface area contributed by atoms with Crippen LogP contribution >= 0.6 is 0 Å². The number of carbonyl (C=O) groups excluding carboxylic acids is 1. The average Bonchev–Trinajstić information content (AvgIpc) is 2.64. The van der Waals surface area contributed by atoms with Gasteiger partial charge in [0.2, 0.25) is 5.69 Å². The maximum Gasteiger partial charge on any atom is 0.275 e. The van der Waals surface area contributed by atoms with Crippen LogP contribution in [0, 0.1) is 24.9 Å². The lowest BCUT2D eigenvalue weighted by atomic mass is 9.99. The highest BCUT2D eigenvalue weighted by Crippen LogP contribution is 2.31. The van der Waals surface area contributed by atoms with Gasteiger partial charge in [0.25, 0.3) is 11.5 Å². The molecule has 2 aromatic carbocycles. The summed E-state index contributed by atoms with van der Waals surface area (Å²) in [6, 6.07) is 9.17. The fourth-order valence-electron chi connectivity index (χ4n) is 2.38. The summed E-state index contributed by atoms with van der Waals surface area (Å²) in [6.07, 6.45) is 0. The Morgan fingerprint density at radius 1 is 1.05 bits per heavy atom. The van der Waals surface area contributed by atoms with Crippen molar-refractivity contribution in [1.82, 2.24) is 0 Å². The fourth-order valence-corrected chi connectivity index (χ4v) is 2.38. The standard InChI is InChI=1S/C16H12FNO2/c1-9-7-12-14(8-10(9)2)18(20)15(16(12)19)11-5-3-4-6-13(11)17/h3-8H,1-2H3. The van der Waals surface area contributed by atoms with Crippen LogP contribution in [0.25, 0.3) is 0 Å². The van der Waals surface area contributed by atoms with E-state index in [-0.39, 0.29) is 17.0 Å². The molecule has 0 saturated carbocycles. The van der Waals surface area contributed by atoms with Crippen LogP contribution in [0.2, 0.25) is 0 Å². The van der Waals surface area contributed by atoms with E-state index < -0.39 is 11.6 Å². The Morgan fingerprint density at radius 2 is 1.70 bits per heavy atom. The first-order chi connectivity index (χ1) is 9.50. The van der Waals surface area contributed by atoms with E-state index in [4.69, 9.17) is 0 Å². The zero-order chi connectivity index (χ0) is 14.4. The van der Waals surface area contributed by atoms with Gasteiger partial charge in [0.1, 0.15) is 11.4 Å². The topological polar surface area (TPSA) is 43.1 Å². The molecule has 3 nitrogen and oxygen atoms in total. The van der Waals surface area contributed by atoms with Crippen molar-refractivity contribution in [1.29, 1.82) is 0 Å². The number of carbonyl (C=O) groups is 1. The summed E-state index contributed by atoms with van der Waals surface area (Å²) in [5, 5.41) is 12.3. The smallest absolute Gasteiger partial charge is 0.275 e. The highest BCUT2D eigenvalue weighted by atomic mass is 19.1. The van der Waals surface area contributed by atoms with E-state index in [1.165, 1.54) is 18.2 Å². The molecule has 0 fully saturated rings. The molecule has 20 heavy (non-hydrogen) atoms. The first-order valence-corrected chi connectivity index (χ1v) is 6.25.